The monoisotopic (exact) mass is 329 g/mol. The van der Waals surface area contributed by atoms with Gasteiger partial charge in [0.05, 0.1) is 0 Å². The highest BCUT2D eigenvalue weighted by molar-refractivity contribution is 9.10. The van der Waals surface area contributed by atoms with Crippen LogP contribution in [0, 0.1) is 5.41 Å². The third-order valence-corrected chi connectivity index (χ3v) is 3.36. The molecule has 1 rings (SSSR count). The number of rotatable bonds is 7. The first-order chi connectivity index (χ1) is 8.85. The molecule has 0 unspecified atom stereocenters. The molecule has 0 saturated heterocycles. The second kappa shape index (κ2) is 7.05. The van der Waals surface area contributed by atoms with Gasteiger partial charge < -0.3 is 15.5 Å². The Labute approximate surface area is 124 Å². The summed E-state index contributed by atoms with van der Waals surface area (Å²) < 4.78 is 0.887. The molecule has 0 saturated carbocycles. The summed E-state index contributed by atoms with van der Waals surface area (Å²) in [4.78, 5) is 10.7. The lowest BCUT2D eigenvalue weighted by Crippen LogP contribution is -2.34. The quantitative estimate of drug-likeness (QED) is 0.805. The molecule has 0 bridgehead atoms. The molecule has 0 atom stereocenters. The Morgan fingerprint density at radius 2 is 1.79 bits per heavy atom. The van der Waals surface area contributed by atoms with E-state index in [9.17, 15) is 0 Å². The van der Waals surface area contributed by atoms with Crippen LogP contribution in [0.5, 0.6) is 0 Å². The number of nitrogens with zero attached hydrogens (tertiary/aromatic N) is 3. The van der Waals surface area contributed by atoms with E-state index in [1.807, 2.05) is 6.92 Å². The Balaban J connectivity index is 2.70. The lowest BCUT2D eigenvalue weighted by Gasteiger charge is -2.28. The number of halogens is 1. The highest BCUT2D eigenvalue weighted by Crippen LogP contribution is 2.27. The zero-order chi connectivity index (χ0) is 14.5. The highest BCUT2D eigenvalue weighted by Gasteiger charge is 2.19. The number of hydrogen-bond acceptors (Lipinski definition) is 5. The van der Waals surface area contributed by atoms with Gasteiger partial charge in [0, 0.05) is 19.6 Å². The number of hydrogen-bond donors (Lipinski definition) is 2. The van der Waals surface area contributed by atoms with Gasteiger partial charge in [-0.1, -0.05) is 13.8 Å². The normalized spacial score (nSPS) is 11.7. The Bertz CT molecular complexity index is 406. The van der Waals surface area contributed by atoms with E-state index in [4.69, 9.17) is 0 Å². The van der Waals surface area contributed by atoms with Crippen molar-refractivity contribution >= 4 is 27.6 Å². The van der Waals surface area contributed by atoms with Crippen LogP contribution < -0.4 is 10.6 Å². The van der Waals surface area contributed by atoms with Gasteiger partial charge in [0.25, 0.3) is 0 Å². The first kappa shape index (κ1) is 16.2. The summed E-state index contributed by atoms with van der Waals surface area (Å²) in [5, 5.41) is 6.59. The molecule has 0 amide bonds. The van der Waals surface area contributed by atoms with E-state index in [-0.39, 0.29) is 5.41 Å². The highest BCUT2D eigenvalue weighted by atomic mass is 79.9. The summed E-state index contributed by atoms with van der Waals surface area (Å²) in [7, 11) is 4.18. The molecule has 0 aliphatic heterocycles. The zero-order valence-corrected chi connectivity index (χ0v) is 14.0. The van der Waals surface area contributed by atoms with Crippen LogP contribution in [0.4, 0.5) is 11.6 Å². The van der Waals surface area contributed by atoms with Gasteiger partial charge >= 0.3 is 0 Å². The van der Waals surface area contributed by atoms with Gasteiger partial charge in [-0.25, -0.2) is 9.97 Å². The maximum Gasteiger partial charge on any atom is 0.145 e. The van der Waals surface area contributed by atoms with Crippen LogP contribution in [0.15, 0.2) is 10.8 Å². The minimum Gasteiger partial charge on any atom is -0.369 e. The topological polar surface area (TPSA) is 53.1 Å². The summed E-state index contributed by atoms with van der Waals surface area (Å²) in [6, 6.07) is 0. The van der Waals surface area contributed by atoms with E-state index < -0.39 is 0 Å². The summed E-state index contributed by atoms with van der Waals surface area (Å²) in [6.07, 6.45) is 1.57. The number of anilines is 2. The van der Waals surface area contributed by atoms with Crippen molar-refractivity contribution in [1.82, 2.24) is 14.9 Å². The van der Waals surface area contributed by atoms with Crippen LogP contribution in [0.3, 0.4) is 0 Å². The van der Waals surface area contributed by atoms with Gasteiger partial charge in [0.2, 0.25) is 0 Å². The van der Waals surface area contributed by atoms with Crippen molar-refractivity contribution in [2.45, 2.75) is 20.8 Å². The minimum atomic E-state index is 0.173. The van der Waals surface area contributed by atoms with Crippen molar-refractivity contribution in [3.8, 4) is 0 Å². The molecular weight excluding hydrogens is 306 g/mol. The fourth-order valence-corrected chi connectivity index (χ4v) is 2.50. The van der Waals surface area contributed by atoms with E-state index in [0.29, 0.717) is 0 Å². The molecule has 0 spiro atoms. The molecular formula is C13H24BrN5. The van der Waals surface area contributed by atoms with Crippen molar-refractivity contribution in [3.05, 3.63) is 10.8 Å². The molecule has 1 aromatic rings. The number of nitrogens with one attached hydrogen (secondary N) is 2. The SMILES string of the molecule is CCNc1ncnc(NCC(C)(C)CN(C)C)c1Br. The second-order valence-electron chi connectivity index (χ2n) is 5.67. The van der Waals surface area contributed by atoms with E-state index >= 15 is 0 Å². The Morgan fingerprint density at radius 1 is 1.21 bits per heavy atom. The second-order valence-corrected chi connectivity index (χ2v) is 6.46. The molecule has 0 radical (unpaired) electrons. The standard InChI is InChI=1S/C13H24BrN5/c1-6-15-11-10(14)12(18-9-17-11)16-7-13(2,3)8-19(4)5/h9H,6-8H2,1-5H3,(H2,15,16,17,18). The lowest BCUT2D eigenvalue weighted by atomic mass is 9.93. The van der Waals surface area contributed by atoms with Gasteiger partial charge in [0.15, 0.2) is 0 Å². The van der Waals surface area contributed by atoms with Crippen LogP contribution in [-0.2, 0) is 0 Å². The first-order valence-corrected chi connectivity index (χ1v) is 7.28. The van der Waals surface area contributed by atoms with E-state index in [2.05, 4.69) is 69.4 Å². The van der Waals surface area contributed by atoms with Crippen LogP contribution in [0.1, 0.15) is 20.8 Å². The summed E-state index contributed by atoms with van der Waals surface area (Å²) in [5.41, 5.74) is 0.173. The van der Waals surface area contributed by atoms with Gasteiger partial charge in [-0.05, 0) is 42.4 Å². The molecule has 5 nitrogen and oxygen atoms in total. The first-order valence-electron chi connectivity index (χ1n) is 6.48. The van der Waals surface area contributed by atoms with Crippen molar-refractivity contribution in [3.63, 3.8) is 0 Å². The molecule has 0 fully saturated rings. The summed E-state index contributed by atoms with van der Waals surface area (Å²) in [5.74, 6) is 1.66. The molecule has 2 N–H and O–H groups in total. The Kier molecular flexibility index (Phi) is 6.00. The van der Waals surface area contributed by atoms with Crippen LogP contribution in [0.25, 0.3) is 0 Å². The maximum atomic E-state index is 4.28. The summed E-state index contributed by atoms with van der Waals surface area (Å²) >= 11 is 3.54. The predicted molar refractivity (Wildman–Crippen MR) is 84.7 cm³/mol. The third-order valence-electron chi connectivity index (χ3n) is 2.61. The fourth-order valence-electron chi connectivity index (χ4n) is 2.02. The van der Waals surface area contributed by atoms with Gasteiger partial charge in [-0.15, -0.1) is 0 Å². The molecule has 6 heteroatoms. The van der Waals surface area contributed by atoms with Gasteiger partial charge in [0.1, 0.15) is 22.4 Å². The molecule has 0 aliphatic rings. The average molecular weight is 330 g/mol. The Hall–Kier alpha value is -0.880. The molecule has 0 aliphatic carbocycles. The van der Waals surface area contributed by atoms with Gasteiger partial charge in [-0.3, -0.25) is 0 Å². The van der Waals surface area contributed by atoms with E-state index in [1.54, 1.807) is 6.33 Å². The van der Waals surface area contributed by atoms with Crippen molar-refractivity contribution in [1.29, 1.82) is 0 Å². The number of aromatic nitrogens is 2. The van der Waals surface area contributed by atoms with Crippen molar-refractivity contribution in [2.24, 2.45) is 5.41 Å². The third kappa shape index (κ3) is 5.32. The van der Waals surface area contributed by atoms with E-state index in [0.717, 1.165) is 35.7 Å². The fraction of sp³-hybridized carbons (Fsp3) is 0.692. The van der Waals surface area contributed by atoms with Crippen molar-refractivity contribution < 1.29 is 0 Å². The van der Waals surface area contributed by atoms with E-state index in [1.165, 1.54) is 0 Å². The van der Waals surface area contributed by atoms with Crippen LogP contribution in [-0.4, -0.2) is 48.6 Å². The zero-order valence-electron chi connectivity index (χ0n) is 12.4. The average Bonchev–Trinajstić information content (AvgIpc) is 2.29. The minimum absolute atomic E-state index is 0.173. The molecule has 19 heavy (non-hydrogen) atoms. The van der Waals surface area contributed by atoms with Gasteiger partial charge in [-0.2, -0.15) is 0 Å². The molecule has 108 valence electrons. The van der Waals surface area contributed by atoms with Crippen LogP contribution >= 0.6 is 15.9 Å². The summed E-state index contributed by atoms with van der Waals surface area (Å²) in [6.45, 7) is 9.22. The Morgan fingerprint density at radius 3 is 2.32 bits per heavy atom. The smallest absolute Gasteiger partial charge is 0.145 e. The van der Waals surface area contributed by atoms with Crippen LogP contribution in [0.2, 0.25) is 0 Å². The largest absolute Gasteiger partial charge is 0.369 e. The molecule has 0 aromatic carbocycles. The molecule has 1 heterocycles. The molecule has 1 aromatic heterocycles. The lowest BCUT2D eigenvalue weighted by molar-refractivity contribution is 0.254. The predicted octanol–water partition coefficient (Wildman–Crippen LogP) is 2.67. The van der Waals surface area contributed by atoms with Crippen molar-refractivity contribution in [2.75, 3.05) is 44.4 Å². The maximum absolute atomic E-state index is 4.28.